The first-order valence-corrected chi connectivity index (χ1v) is 5.93. The van der Waals surface area contributed by atoms with Crippen LogP contribution in [0, 0.1) is 0 Å². The van der Waals surface area contributed by atoms with Crippen molar-refractivity contribution in [2.24, 2.45) is 0 Å². The Hall–Kier alpha value is -2.50. The van der Waals surface area contributed by atoms with Crippen LogP contribution in [-0.2, 0) is 6.18 Å². The van der Waals surface area contributed by atoms with E-state index in [9.17, 15) is 18.0 Å². The number of benzene rings is 2. The number of hydrogen-bond donors (Lipinski definition) is 0. The smallest absolute Gasteiger partial charge is 0.416 e. The predicted octanol–water partition coefficient (Wildman–Crippen LogP) is 4.32. The molecule has 0 radical (unpaired) electrons. The van der Waals surface area contributed by atoms with Gasteiger partial charge in [0.2, 0.25) is 0 Å². The van der Waals surface area contributed by atoms with Crippen LogP contribution in [0.4, 0.5) is 13.2 Å². The van der Waals surface area contributed by atoms with Gasteiger partial charge in [-0.15, -0.1) is 0 Å². The maximum Gasteiger partial charge on any atom is 0.416 e. The highest BCUT2D eigenvalue weighted by Crippen LogP contribution is 2.35. The van der Waals surface area contributed by atoms with Crippen molar-refractivity contribution in [1.29, 1.82) is 0 Å². The summed E-state index contributed by atoms with van der Waals surface area (Å²) in [4.78, 5) is 11.0. The van der Waals surface area contributed by atoms with Crippen molar-refractivity contribution >= 4 is 6.29 Å². The van der Waals surface area contributed by atoms with E-state index >= 15 is 0 Å². The number of rotatable bonds is 4. The zero-order valence-electron chi connectivity index (χ0n) is 11.0. The Morgan fingerprint density at radius 1 is 1.00 bits per heavy atom. The molecule has 0 aliphatic rings. The molecule has 0 atom stereocenters. The summed E-state index contributed by atoms with van der Waals surface area (Å²) in [5.74, 6) is 0.750. The Labute approximate surface area is 118 Å². The first kappa shape index (κ1) is 14.9. The zero-order valence-corrected chi connectivity index (χ0v) is 11.0. The summed E-state index contributed by atoms with van der Waals surface area (Å²) in [5, 5.41) is 0. The Kier molecular flexibility index (Phi) is 4.16. The van der Waals surface area contributed by atoms with Crippen molar-refractivity contribution in [2.75, 3.05) is 7.11 Å². The number of ether oxygens (including phenoxy) is 2. The van der Waals surface area contributed by atoms with Crippen LogP contribution in [0.2, 0.25) is 0 Å². The molecular formula is C15H11F3O3. The lowest BCUT2D eigenvalue weighted by Crippen LogP contribution is -2.06. The average molecular weight is 296 g/mol. The quantitative estimate of drug-likeness (QED) is 0.788. The third kappa shape index (κ3) is 3.34. The molecule has 21 heavy (non-hydrogen) atoms. The number of alkyl halides is 3. The Morgan fingerprint density at radius 3 is 2.24 bits per heavy atom. The molecule has 0 unspecified atom stereocenters. The summed E-state index contributed by atoms with van der Waals surface area (Å²) in [6.45, 7) is 0. The van der Waals surface area contributed by atoms with Crippen LogP contribution < -0.4 is 9.47 Å². The van der Waals surface area contributed by atoms with Crippen molar-refractivity contribution in [1.82, 2.24) is 0 Å². The van der Waals surface area contributed by atoms with Gasteiger partial charge in [-0.2, -0.15) is 13.2 Å². The minimum Gasteiger partial charge on any atom is -0.493 e. The molecule has 6 heteroatoms. The summed E-state index contributed by atoms with van der Waals surface area (Å²) in [6, 6.07) is 9.35. The lowest BCUT2D eigenvalue weighted by molar-refractivity contribution is -0.137. The van der Waals surface area contributed by atoms with Gasteiger partial charge >= 0.3 is 6.18 Å². The summed E-state index contributed by atoms with van der Waals surface area (Å²) >= 11 is 0. The van der Waals surface area contributed by atoms with Crippen LogP contribution in [0.1, 0.15) is 15.9 Å². The van der Waals surface area contributed by atoms with Gasteiger partial charge < -0.3 is 9.47 Å². The van der Waals surface area contributed by atoms with E-state index in [0.717, 1.165) is 18.2 Å². The van der Waals surface area contributed by atoms with Gasteiger partial charge in [-0.05, 0) is 30.3 Å². The molecule has 0 aliphatic carbocycles. The normalized spacial score (nSPS) is 11.0. The maximum absolute atomic E-state index is 12.6. The average Bonchev–Trinajstić information content (AvgIpc) is 2.47. The molecule has 2 aromatic rings. The molecule has 2 aromatic carbocycles. The minimum absolute atomic E-state index is 0.0301. The molecule has 0 fully saturated rings. The molecule has 0 bridgehead atoms. The second-order valence-corrected chi connectivity index (χ2v) is 4.12. The molecule has 0 aromatic heterocycles. The fourth-order valence-electron chi connectivity index (χ4n) is 1.73. The zero-order chi connectivity index (χ0) is 15.5. The highest BCUT2D eigenvalue weighted by molar-refractivity contribution is 5.80. The van der Waals surface area contributed by atoms with Gasteiger partial charge in [0.15, 0.2) is 17.8 Å². The molecule has 3 nitrogen and oxygen atoms in total. The van der Waals surface area contributed by atoms with Crippen molar-refractivity contribution in [2.45, 2.75) is 6.18 Å². The van der Waals surface area contributed by atoms with Crippen LogP contribution in [0.3, 0.4) is 0 Å². The second-order valence-electron chi connectivity index (χ2n) is 4.12. The van der Waals surface area contributed by atoms with Crippen LogP contribution in [0.25, 0.3) is 0 Å². The lowest BCUT2D eigenvalue weighted by atomic mass is 10.1. The topological polar surface area (TPSA) is 35.5 Å². The summed E-state index contributed by atoms with van der Waals surface area (Å²) in [5.41, 5.74) is -1.09. The highest BCUT2D eigenvalue weighted by Gasteiger charge is 2.31. The van der Waals surface area contributed by atoms with Crippen LogP contribution in [0.5, 0.6) is 17.2 Å². The lowest BCUT2D eigenvalue weighted by Gasteiger charge is -2.13. The fourth-order valence-corrected chi connectivity index (χ4v) is 1.73. The van der Waals surface area contributed by atoms with E-state index in [0.29, 0.717) is 17.8 Å². The number of methoxy groups -OCH3 is 1. The molecular weight excluding hydrogens is 285 g/mol. The molecule has 0 aliphatic heterocycles. The number of carbonyl (C=O) groups is 1. The van der Waals surface area contributed by atoms with Crippen molar-refractivity contribution < 1.29 is 27.4 Å². The number of carbonyl (C=O) groups excluding carboxylic acids is 1. The second kappa shape index (κ2) is 5.87. The van der Waals surface area contributed by atoms with E-state index in [4.69, 9.17) is 9.47 Å². The molecule has 0 amide bonds. The minimum atomic E-state index is -4.51. The van der Waals surface area contributed by atoms with Crippen molar-refractivity contribution in [3.63, 3.8) is 0 Å². The predicted molar refractivity (Wildman–Crippen MR) is 69.9 cm³/mol. The van der Waals surface area contributed by atoms with Crippen LogP contribution in [0.15, 0.2) is 42.5 Å². The van der Waals surface area contributed by atoms with E-state index in [-0.39, 0.29) is 11.3 Å². The van der Waals surface area contributed by atoms with Crippen LogP contribution in [-0.4, -0.2) is 13.4 Å². The summed E-state index contributed by atoms with van der Waals surface area (Å²) in [7, 11) is 1.44. The number of halogens is 3. The molecule has 110 valence electrons. The molecule has 2 rings (SSSR count). The SMILES string of the molecule is COc1ccccc1Oc1ccc(C(F)(F)F)cc1C=O. The molecule has 0 spiro atoms. The number of hydrogen-bond acceptors (Lipinski definition) is 3. The summed E-state index contributed by atoms with van der Waals surface area (Å²) < 4.78 is 48.4. The van der Waals surface area contributed by atoms with Crippen molar-refractivity contribution in [3.8, 4) is 17.2 Å². The van der Waals surface area contributed by atoms with E-state index < -0.39 is 11.7 Å². The number of para-hydroxylation sites is 2. The third-order valence-electron chi connectivity index (χ3n) is 2.75. The van der Waals surface area contributed by atoms with E-state index in [1.54, 1.807) is 24.3 Å². The Balaban J connectivity index is 2.38. The fraction of sp³-hybridized carbons (Fsp3) is 0.133. The molecule has 0 saturated carbocycles. The van der Waals surface area contributed by atoms with Gasteiger partial charge in [-0.25, -0.2) is 0 Å². The Morgan fingerprint density at radius 2 is 1.67 bits per heavy atom. The standard InChI is InChI=1S/C15H11F3O3/c1-20-13-4-2-3-5-14(13)21-12-7-6-11(15(16,17)18)8-10(12)9-19/h2-9H,1H3. The van der Waals surface area contributed by atoms with Crippen LogP contribution >= 0.6 is 0 Å². The van der Waals surface area contributed by atoms with Gasteiger partial charge in [-0.3, -0.25) is 4.79 Å². The van der Waals surface area contributed by atoms with Gasteiger partial charge in [0.25, 0.3) is 0 Å². The molecule has 0 saturated heterocycles. The van der Waals surface area contributed by atoms with E-state index in [1.807, 2.05) is 0 Å². The molecule has 0 N–H and O–H groups in total. The van der Waals surface area contributed by atoms with E-state index in [1.165, 1.54) is 7.11 Å². The first-order valence-electron chi connectivity index (χ1n) is 5.93. The number of aldehydes is 1. The first-order chi connectivity index (χ1) is 9.95. The maximum atomic E-state index is 12.6. The third-order valence-corrected chi connectivity index (χ3v) is 2.75. The molecule has 0 heterocycles. The van der Waals surface area contributed by atoms with Gasteiger partial charge in [0.1, 0.15) is 5.75 Å². The Bertz CT molecular complexity index is 651. The van der Waals surface area contributed by atoms with Gasteiger partial charge in [0, 0.05) is 0 Å². The van der Waals surface area contributed by atoms with Gasteiger partial charge in [0.05, 0.1) is 18.2 Å². The van der Waals surface area contributed by atoms with E-state index in [2.05, 4.69) is 0 Å². The summed E-state index contributed by atoms with van der Waals surface area (Å²) in [6.07, 6.45) is -4.19. The highest BCUT2D eigenvalue weighted by atomic mass is 19.4. The van der Waals surface area contributed by atoms with Crippen molar-refractivity contribution in [3.05, 3.63) is 53.6 Å². The monoisotopic (exact) mass is 296 g/mol. The largest absolute Gasteiger partial charge is 0.493 e. The van der Waals surface area contributed by atoms with Gasteiger partial charge in [-0.1, -0.05) is 12.1 Å².